The van der Waals surface area contributed by atoms with Gasteiger partial charge in [0.05, 0.1) is 44.0 Å². The molecule has 1 fully saturated rings. The van der Waals surface area contributed by atoms with Crippen molar-refractivity contribution in [1.29, 1.82) is 0 Å². The Bertz CT molecular complexity index is 1370. The van der Waals surface area contributed by atoms with E-state index >= 15 is 0 Å². The monoisotopic (exact) mass is 574 g/mol. The molecule has 2 aromatic carbocycles. The summed E-state index contributed by atoms with van der Waals surface area (Å²) in [5.74, 6) is -0.389. The van der Waals surface area contributed by atoms with Gasteiger partial charge in [-0.25, -0.2) is 13.4 Å². The molecule has 4 rings (SSSR count). The number of imidazole rings is 1. The third-order valence-corrected chi connectivity index (χ3v) is 8.75. The molecule has 0 radical (unpaired) electrons. The van der Waals surface area contributed by atoms with E-state index in [4.69, 9.17) is 21.1 Å². The highest BCUT2D eigenvalue weighted by Crippen LogP contribution is 2.23. The van der Waals surface area contributed by atoms with Crippen LogP contribution in [-0.4, -0.2) is 86.8 Å². The molecule has 11 heteroatoms. The van der Waals surface area contributed by atoms with Gasteiger partial charge in [0.15, 0.2) is 0 Å². The van der Waals surface area contributed by atoms with E-state index in [9.17, 15) is 13.2 Å². The molecule has 1 aliphatic rings. The van der Waals surface area contributed by atoms with Crippen LogP contribution in [0, 0.1) is 6.92 Å². The smallest absolute Gasteiger partial charge is 0.254 e. The van der Waals surface area contributed by atoms with Gasteiger partial charge >= 0.3 is 0 Å². The number of morpholine rings is 1. The fourth-order valence-electron chi connectivity index (χ4n) is 4.59. The van der Waals surface area contributed by atoms with Gasteiger partial charge < -0.3 is 18.9 Å². The molecule has 0 N–H and O–H groups in total. The Kier molecular flexibility index (Phi) is 10.1. The molecule has 0 atom stereocenters. The lowest BCUT2D eigenvalue weighted by Crippen LogP contribution is -2.43. The van der Waals surface area contributed by atoms with Crippen LogP contribution >= 0.6 is 11.6 Å². The van der Waals surface area contributed by atoms with E-state index < -0.39 is 9.84 Å². The first-order chi connectivity index (χ1) is 18.8. The first kappa shape index (κ1) is 29.2. The normalized spacial score (nSPS) is 14.4. The Morgan fingerprint density at radius 2 is 1.82 bits per heavy atom. The molecule has 1 saturated heterocycles. The highest BCUT2D eigenvalue weighted by Gasteiger charge is 2.27. The second-order valence-electron chi connectivity index (χ2n) is 9.52. The first-order valence-electron chi connectivity index (χ1n) is 12.9. The zero-order valence-corrected chi connectivity index (χ0v) is 24.0. The number of aromatic nitrogens is 2. The van der Waals surface area contributed by atoms with Gasteiger partial charge in [0.2, 0.25) is 15.0 Å². The van der Waals surface area contributed by atoms with Crippen LogP contribution in [0.2, 0.25) is 5.02 Å². The maximum atomic E-state index is 13.7. The van der Waals surface area contributed by atoms with E-state index in [-0.39, 0.29) is 36.5 Å². The fraction of sp³-hybridized carbons (Fsp3) is 0.429. The minimum atomic E-state index is -3.83. The van der Waals surface area contributed by atoms with E-state index in [1.807, 2.05) is 31.2 Å². The predicted octanol–water partition coefficient (Wildman–Crippen LogP) is 3.44. The van der Waals surface area contributed by atoms with Crippen LogP contribution in [0.15, 0.2) is 59.9 Å². The Labute approximate surface area is 235 Å². The van der Waals surface area contributed by atoms with Gasteiger partial charge in [0.25, 0.3) is 5.91 Å². The number of carbonyl (C=O) groups is 1. The van der Waals surface area contributed by atoms with Crippen molar-refractivity contribution in [2.24, 2.45) is 0 Å². The Hall–Kier alpha value is -2.76. The van der Waals surface area contributed by atoms with Gasteiger partial charge in [-0.15, -0.1) is 0 Å². The topological polar surface area (TPSA) is 94.0 Å². The Morgan fingerprint density at radius 1 is 1.10 bits per heavy atom. The van der Waals surface area contributed by atoms with Crippen molar-refractivity contribution in [2.75, 3.05) is 53.1 Å². The van der Waals surface area contributed by atoms with Gasteiger partial charge in [-0.05, 0) is 30.2 Å². The molecule has 0 saturated carbocycles. The average Bonchev–Trinajstić information content (AvgIpc) is 3.34. The highest BCUT2D eigenvalue weighted by atomic mass is 35.5. The van der Waals surface area contributed by atoms with E-state index in [2.05, 4.69) is 9.88 Å². The predicted molar refractivity (Wildman–Crippen MR) is 150 cm³/mol. The lowest BCUT2D eigenvalue weighted by atomic mass is 10.1. The summed E-state index contributed by atoms with van der Waals surface area (Å²) in [7, 11) is -2.27. The quantitative estimate of drug-likeness (QED) is 0.327. The van der Waals surface area contributed by atoms with Crippen LogP contribution < -0.4 is 0 Å². The molecule has 0 spiro atoms. The second kappa shape index (κ2) is 13.5. The fourth-order valence-corrected chi connectivity index (χ4v) is 6.42. The van der Waals surface area contributed by atoms with E-state index in [1.165, 1.54) is 0 Å². The highest BCUT2D eigenvalue weighted by molar-refractivity contribution is 7.90. The molecule has 0 aliphatic carbocycles. The Morgan fingerprint density at radius 3 is 2.54 bits per heavy atom. The number of hydrogen-bond donors (Lipinski definition) is 0. The molecule has 39 heavy (non-hydrogen) atoms. The van der Waals surface area contributed by atoms with Crippen molar-refractivity contribution in [3.8, 4) is 0 Å². The lowest BCUT2D eigenvalue weighted by Gasteiger charge is -2.30. The van der Waals surface area contributed by atoms with Crippen molar-refractivity contribution >= 4 is 27.3 Å². The maximum absolute atomic E-state index is 13.7. The van der Waals surface area contributed by atoms with Gasteiger partial charge in [-0.2, -0.15) is 0 Å². The molecule has 1 aromatic heterocycles. The van der Waals surface area contributed by atoms with Crippen molar-refractivity contribution in [3.63, 3.8) is 0 Å². The van der Waals surface area contributed by atoms with Crippen LogP contribution in [0.25, 0.3) is 0 Å². The van der Waals surface area contributed by atoms with Crippen molar-refractivity contribution < 1.29 is 22.7 Å². The van der Waals surface area contributed by atoms with Gasteiger partial charge in [0.1, 0.15) is 0 Å². The van der Waals surface area contributed by atoms with Crippen LogP contribution in [-0.2, 0) is 38.2 Å². The maximum Gasteiger partial charge on any atom is 0.254 e. The minimum absolute atomic E-state index is 0.0639. The summed E-state index contributed by atoms with van der Waals surface area (Å²) >= 11 is 6.25. The van der Waals surface area contributed by atoms with Crippen LogP contribution in [0.1, 0.15) is 27.2 Å². The third-order valence-electron chi connectivity index (χ3n) is 6.81. The van der Waals surface area contributed by atoms with Crippen molar-refractivity contribution in [3.05, 3.63) is 82.1 Å². The number of benzene rings is 2. The summed E-state index contributed by atoms with van der Waals surface area (Å²) in [5, 5.41) is 0.320. The molecule has 0 bridgehead atoms. The lowest BCUT2D eigenvalue weighted by molar-refractivity contribution is 0.0318. The number of hydrogen-bond acceptors (Lipinski definition) is 7. The first-order valence-corrected chi connectivity index (χ1v) is 15.0. The summed E-state index contributed by atoms with van der Waals surface area (Å²) in [4.78, 5) is 22.1. The number of carbonyl (C=O) groups excluding carboxylic acids is 1. The number of rotatable bonds is 12. The van der Waals surface area contributed by atoms with Gasteiger partial charge in [0, 0.05) is 50.4 Å². The molecule has 2 heterocycles. The number of ether oxygens (including phenoxy) is 2. The Balaban J connectivity index is 1.64. The number of methoxy groups -OCH3 is 1. The van der Waals surface area contributed by atoms with Crippen molar-refractivity contribution in [1.82, 2.24) is 19.4 Å². The average molecular weight is 575 g/mol. The van der Waals surface area contributed by atoms with E-state index in [0.717, 1.165) is 18.7 Å². The van der Waals surface area contributed by atoms with Crippen molar-refractivity contribution in [2.45, 2.75) is 30.9 Å². The molecule has 1 amide bonds. The molecular formula is C28H35ClN4O5S. The zero-order valence-electron chi connectivity index (χ0n) is 22.4. The van der Waals surface area contributed by atoms with E-state index in [1.54, 1.807) is 47.0 Å². The third kappa shape index (κ3) is 7.46. The minimum Gasteiger partial charge on any atom is -0.383 e. The number of amides is 1. The summed E-state index contributed by atoms with van der Waals surface area (Å²) in [6.07, 6.45) is 1.54. The SMILES string of the molecule is COCCn1c(CN(CCN2CCOCC2)C(=O)c2ccccc2C)cnc1S(=O)(=O)Cc1ccccc1Cl. The summed E-state index contributed by atoms with van der Waals surface area (Å²) in [6, 6.07) is 14.4. The number of aryl methyl sites for hydroxylation is 1. The van der Waals surface area contributed by atoms with Gasteiger partial charge in [-0.3, -0.25) is 9.69 Å². The van der Waals surface area contributed by atoms with Crippen LogP contribution in [0.3, 0.4) is 0 Å². The zero-order chi connectivity index (χ0) is 27.8. The molecule has 1 aliphatic heterocycles. The van der Waals surface area contributed by atoms with E-state index in [0.29, 0.717) is 48.1 Å². The molecule has 9 nitrogen and oxygen atoms in total. The van der Waals surface area contributed by atoms with Crippen LogP contribution in [0.5, 0.6) is 0 Å². The summed E-state index contributed by atoms with van der Waals surface area (Å²) in [6.45, 7) is 6.80. The van der Waals surface area contributed by atoms with Crippen LogP contribution in [0.4, 0.5) is 0 Å². The molecule has 210 valence electrons. The standard InChI is InChI=1S/C28H35ClN4O5S/c1-22-7-3-5-9-25(22)27(34)32(12-11-31-13-17-38-18-14-31)20-24-19-30-28(33(24)15-16-37-2)39(35,36)21-23-8-4-6-10-26(23)29/h3-10,19H,11-18,20-21H2,1-2H3. The largest absolute Gasteiger partial charge is 0.383 e. The number of sulfone groups is 1. The molecule has 0 unspecified atom stereocenters. The summed E-state index contributed by atoms with van der Waals surface area (Å²) in [5.41, 5.74) is 2.63. The number of halogens is 1. The molecule has 3 aromatic rings. The van der Waals surface area contributed by atoms with Gasteiger partial charge in [-0.1, -0.05) is 48.0 Å². The summed E-state index contributed by atoms with van der Waals surface area (Å²) < 4.78 is 39.4. The second-order valence-corrected chi connectivity index (χ2v) is 11.8. The molecular weight excluding hydrogens is 540 g/mol. The number of nitrogens with zero attached hydrogens (tertiary/aromatic N) is 4.